The van der Waals surface area contributed by atoms with Crippen LogP contribution in [0.25, 0.3) is 0 Å². The van der Waals surface area contributed by atoms with Crippen LogP contribution in [-0.2, 0) is 0 Å². The number of nitrogens with one attached hydrogen (secondary N) is 1. The number of halogens is 1. The van der Waals surface area contributed by atoms with Crippen molar-refractivity contribution >= 4 is 33.2 Å². The molecule has 0 fully saturated rings. The van der Waals surface area contributed by atoms with Gasteiger partial charge in [-0.3, -0.25) is 4.79 Å². The van der Waals surface area contributed by atoms with E-state index in [2.05, 4.69) is 21.2 Å². The van der Waals surface area contributed by atoms with Gasteiger partial charge >= 0.3 is 0 Å². The largest absolute Gasteiger partial charge is 0.507 e. The van der Waals surface area contributed by atoms with Gasteiger partial charge in [0, 0.05) is 10.2 Å². The summed E-state index contributed by atoms with van der Waals surface area (Å²) < 4.78 is 0.688. The molecule has 19 heavy (non-hydrogen) atoms. The average molecular weight is 321 g/mol. The van der Waals surface area contributed by atoms with E-state index in [9.17, 15) is 9.90 Å². The quantitative estimate of drug-likeness (QED) is 0.743. The van der Waals surface area contributed by atoms with Crippen LogP contribution in [0.5, 0.6) is 5.75 Å². The van der Waals surface area contributed by atoms with E-state index in [0.29, 0.717) is 15.8 Å². The minimum atomic E-state index is -0.369. The Kier molecular flexibility index (Phi) is 3.76. The van der Waals surface area contributed by atoms with Gasteiger partial charge in [0.05, 0.1) is 11.3 Å². The number of hydrogen-bond acceptors (Lipinski definition) is 3. The molecule has 2 rings (SSSR count). The number of anilines is 2. The van der Waals surface area contributed by atoms with Gasteiger partial charge in [0.1, 0.15) is 5.75 Å². The minimum absolute atomic E-state index is 0.0466. The Bertz CT molecular complexity index is 641. The van der Waals surface area contributed by atoms with E-state index in [4.69, 9.17) is 5.73 Å². The normalized spacial score (nSPS) is 10.2. The highest BCUT2D eigenvalue weighted by molar-refractivity contribution is 9.10. The van der Waals surface area contributed by atoms with Crippen molar-refractivity contribution in [1.29, 1.82) is 0 Å². The minimum Gasteiger partial charge on any atom is -0.507 e. The number of aryl methyl sites for hydroxylation is 1. The van der Waals surface area contributed by atoms with Crippen molar-refractivity contribution in [2.75, 3.05) is 11.1 Å². The predicted molar refractivity (Wildman–Crippen MR) is 79.4 cm³/mol. The summed E-state index contributed by atoms with van der Waals surface area (Å²) >= 11 is 3.32. The highest BCUT2D eigenvalue weighted by Crippen LogP contribution is 2.26. The predicted octanol–water partition coefficient (Wildman–Crippen LogP) is 3.30. The highest BCUT2D eigenvalue weighted by atomic mass is 79.9. The van der Waals surface area contributed by atoms with E-state index in [1.54, 1.807) is 30.3 Å². The van der Waals surface area contributed by atoms with Crippen LogP contribution in [0.3, 0.4) is 0 Å². The molecule has 0 heterocycles. The lowest BCUT2D eigenvalue weighted by Gasteiger charge is -2.09. The van der Waals surface area contributed by atoms with E-state index < -0.39 is 0 Å². The van der Waals surface area contributed by atoms with Gasteiger partial charge in [-0.25, -0.2) is 0 Å². The molecule has 0 aliphatic rings. The smallest absolute Gasteiger partial charge is 0.259 e. The fourth-order valence-corrected chi connectivity index (χ4v) is 2.15. The summed E-state index contributed by atoms with van der Waals surface area (Å²) in [6.07, 6.45) is 0. The van der Waals surface area contributed by atoms with Crippen LogP contribution in [0.4, 0.5) is 11.4 Å². The monoisotopic (exact) mass is 320 g/mol. The lowest BCUT2D eigenvalue weighted by atomic mass is 10.1. The topological polar surface area (TPSA) is 75.3 Å². The second-order valence-corrected chi connectivity index (χ2v) is 5.07. The molecule has 0 atom stereocenters. The Morgan fingerprint density at radius 2 is 2.00 bits per heavy atom. The molecular weight excluding hydrogens is 308 g/mol. The molecule has 0 aliphatic carbocycles. The molecule has 0 aliphatic heterocycles. The maximum absolute atomic E-state index is 12.1. The molecule has 0 bridgehead atoms. The summed E-state index contributed by atoms with van der Waals surface area (Å²) in [5, 5.41) is 12.4. The molecule has 0 saturated carbocycles. The zero-order valence-electron chi connectivity index (χ0n) is 10.3. The van der Waals surface area contributed by atoms with Gasteiger partial charge in [0.2, 0.25) is 0 Å². The van der Waals surface area contributed by atoms with Crippen LogP contribution in [0.1, 0.15) is 15.9 Å². The second-order valence-electron chi connectivity index (χ2n) is 4.21. The van der Waals surface area contributed by atoms with Crippen molar-refractivity contribution in [1.82, 2.24) is 0 Å². The van der Waals surface area contributed by atoms with Crippen LogP contribution < -0.4 is 11.1 Å². The first kappa shape index (κ1) is 13.4. The van der Waals surface area contributed by atoms with Crippen molar-refractivity contribution in [2.45, 2.75) is 6.92 Å². The molecule has 0 aromatic heterocycles. The van der Waals surface area contributed by atoms with Crippen LogP contribution in [0.2, 0.25) is 0 Å². The number of benzene rings is 2. The van der Waals surface area contributed by atoms with Crippen molar-refractivity contribution < 1.29 is 9.90 Å². The lowest BCUT2D eigenvalue weighted by Crippen LogP contribution is -2.12. The molecule has 0 radical (unpaired) electrons. The first-order valence-electron chi connectivity index (χ1n) is 5.63. The number of nitrogen functional groups attached to an aromatic ring is 1. The van der Waals surface area contributed by atoms with Gasteiger partial charge in [0.15, 0.2) is 0 Å². The van der Waals surface area contributed by atoms with Crippen LogP contribution in [0.15, 0.2) is 40.9 Å². The number of phenolic OH excluding ortho intramolecular Hbond substituents is 1. The van der Waals surface area contributed by atoms with Gasteiger partial charge in [-0.1, -0.05) is 11.6 Å². The number of hydrogen-bond donors (Lipinski definition) is 3. The highest BCUT2D eigenvalue weighted by Gasteiger charge is 2.12. The van der Waals surface area contributed by atoms with E-state index in [1.807, 2.05) is 6.92 Å². The second kappa shape index (κ2) is 5.32. The molecule has 4 nitrogen and oxygen atoms in total. The average Bonchev–Trinajstić information content (AvgIpc) is 2.35. The molecule has 1 amide bonds. The Morgan fingerprint density at radius 3 is 2.68 bits per heavy atom. The first-order valence-corrected chi connectivity index (χ1v) is 6.42. The van der Waals surface area contributed by atoms with Crippen molar-refractivity contribution in [3.63, 3.8) is 0 Å². The number of nitrogens with two attached hydrogens (primary N) is 1. The Morgan fingerprint density at radius 1 is 1.26 bits per heavy atom. The van der Waals surface area contributed by atoms with Crippen molar-refractivity contribution in [3.05, 3.63) is 52.0 Å². The van der Waals surface area contributed by atoms with Crippen molar-refractivity contribution in [3.8, 4) is 5.75 Å². The van der Waals surface area contributed by atoms with E-state index in [1.165, 1.54) is 6.07 Å². The zero-order valence-corrected chi connectivity index (χ0v) is 11.9. The van der Waals surface area contributed by atoms with E-state index in [-0.39, 0.29) is 17.2 Å². The Hall–Kier alpha value is -2.01. The molecule has 4 N–H and O–H groups in total. The number of carbonyl (C=O) groups excluding carboxylic acids is 1. The summed E-state index contributed by atoms with van der Waals surface area (Å²) in [6, 6.07) is 9.97. The van der Waals surface area contributed by atoms with Gasteiger partial charge in [-0.2, -0.15) is 0 Å². The first-order chi connectivity index (χ1) is 8.97. The third kappa shape index (κ3) is 3.06. The fraction of sp³-hybridized carbons (Fsp3) is 0.0714. The molecule has 5 heteroatoms. The maximum atomic E-state index is 12.1. The van der Waals surface area contributed by atoms with Gasteiger partial charge in [0.25, 0.3) is 5.91 Å². The third-order valence-electron chi connectivity index (χ3n) is 2.64. The van der Waals surface area contributed by atoms with E-state index >= 15 is 0 Å². The molecule has 0 spiro atoms. The molecule has 2 aromatic carbocycles. The molecule has 98 valence electrons. The Labute approximate surface area is 119 Å². The summed E-state index contributed by atoms with van der Waals surface area (Å²) in [7, 11) is 0. The summed E-state index contributed by atoms with van der Waals surface area (Å²) in [5.41, 5.74) is 7.97. The standard InChI is InChI=1S/C14H13BrN2O2/c1-8-2-5-13(18)10(6-8)14(19)17-12-4-3-9(16)7-11(12)15/h2-7,18H,16H2,1H3,(H,17,19). The summed E-state index contributed by atoms with van der Waals surface area (Å²) in [6.45, 7) is 1.86. The van der Waals surface area contributed by atoms with E-state index in [0.717, 1.165) is 5.56 Å². The van der Waals surface area contributed by atoms with Crippen LogP contribution >= 0.6 is 15.9 Å². The molecule has 2 aromatic rings. The summed E-state index contributed by atoms with van der Waals surface area (Å²) in [5.74, 6) is -0.415. The molecule has 0 saturated heterocycles. The van der Waals surface area contributed by atoms with Gasteiger partial charge < -0.3 is 16.2 Å². The molecule has 0 unspecified atom stereocenters. The van der Waals surface area contributed by atoms with Gasteiger partial charge in [-0.05, 0) is 53.2 Å². The number of aromatic hydroxyl groups is 1. The molecular formula is C14H13BrN2O2. The lowest BCUT2D eigenvalue weighted by molar-refractivity contribution is 0.102. The SMILES string of the molecule is Cc1ccc(O)c(C(=O)Nc2ccc(N)cc2Br)c1. The number of phenols is 1. The fourth-order valence-electron chi connectivity index (χ4n) is 1.65. The maximum Gasteiger partial charge on any atom is 0.259 e. The van der Waals surface area contributed by atoms with Crippen molar-refractivity contribution in [2.24, 2.45) is 0 Å². The summed E-state index contributed by atoms with van der Waals surface area (Å²) in [4.78, 5) is 12.1. The van der Waals surface area contributed by atoms with Crippen LogP contribution in [0, 0.1) is 6.92 Å². The Balaban J connectivity index is 2.28. The van der Waals surface area contributed by atoms with Gasteiger partial charge in [-0.15, -0.1) is 0 Å². The third-order valence-corrected chi connectivity index (χ3v) is 3.29. The zero-order chi connectivity index (χ0) is 14.0. The van der Waals surface area contributed by atoms with Crippen LogP contribution in [-0.4, -0.2) is 11.0 Å². The number of carbonyl (C=O) groups is 1. The number of rotatable bonds is 2. The number of amides is 1.